The highest BCUT2D eigenvalue weighted by Gasteiger charge is 2.23. The second kappa shape index (κ2) is 10.7. The number of hydrogen-bond acceptors (Lipinski definition) is 5. The number of rotatable bonds is 11. The Morgan fingerprint density at radius 2 is 1.71 bits per heavy atom. The fourth-order valence-electron chi connectivity index (χ4n) is 1.73. The third-order valence-electron chi connectivity index (χ3n) is 3.51. The van der Waals surface area contributed by atoms with Gasteiger partial charge < -0.3 is 19.5 Å². The Hall–Kier alpha value is -1.14. The van der Waals surface area contributed by atoms with Gasteiger partial charge in [-0.15, -0.1) is 0 Å². The molecule has 1 unspecified atom stereocenters. The molecule has 142 valence electrons. The third-order valence-corrected chi connectivity index (χ3v) is 3.51. The summed E-state index contributed by atoms with van der Waals surface area (Å²) in [6.45, 7) is 14.3. The summed E-state index contributed by atoms with van der Waals surface area (Å²) < 4.78 is 16.5. The fraction of sp³-hybridized carbons (Fsp3) is 0.889. The minimum atomic E-state index is -0.366. The zero-order valence-corrected chi connectivity index (χ0v) is 16.4. The second-order valence-corrected chi connectivity index (χ2v) is 7.59. The molecule has 6 nitrogen and oxygen atoms in total. The molecule has 0 aliphatic heterocycles. The number of amides is 1. The van der Waals surface area contributed by atoms with Gasteiger partial charge in [0.1, 0.15) is 13.4 Å². The van der Waals surface area contributed by atoms with Gasteiger partial charge in [-0.3, -0.25) is 9.59 Å². The van der Waals surface area contributed by atoms with E-state index < -0.39 is 0 Å². The van der Waals surface area contributed by atoms with E-state index in [-0.39, 0.29) is 42.4 Å². The first-order valence-electron chi connectivity index (χ1n) is 8.68. The number of nitrogens with one attached hydrogen (secondary N) is 1. The molecule has 1 atom stereocenters. The van der Waals surface area contributed by atoms with Crippen LogP contribution in [0.5, 0.6) is 0 Å². The lowest BCUT2D eigenvalue weighted by Crippen LogP contribution is -2.31. The summed E-state index contributed by atoms with van der Waals surface area (Å²) in [7, 11) is 0. The zero-order valence-electron chi connectivity index (χ0n) is 16.4. The van der Waals surface area contributed by atoms with Crippen LogP contribution in [-0.2, 0) is 23.8 Å². The summed E-state index contributed by atoms with van der Waals surface area (Å²) in [6.07, 6.45) is 1.82. The maximum atomic E-state index is 11.9. The Morgan fingerprint density at radius 3 is 2.25 bits per heavy atom. The molecule has 1 amide bonds. The number of hydrogen-bond donors (Lipinski definition) is 1. The quantitative estimate of drug-likeness (QED) is 0.354. The normalized spacial score (nSPS) is 13.5. The lowest BCUT2D eigenvalue weighted by atomic mass is 9.96. The maximum Gasteiger partial charge on any atom is 0.308 e. The van der Waals surface area contributed by atoms with E-state index in [1.54, 1.807) is 6.92 Å². The predicted octanol–water partition coefficient (Wildman–Crippen LogP) is 3.04. The molecule has 0 radical (unpaired) electrons. The SMILES string of the molecule is CCC(=O)NCCOC(=O)C(C)CCC(C)(C)OCOC(C)(C)C. The van der Waals surface area contributed by atoms with Crippen LogP contribution in [0.25, 0.3) is 0 Å². The Balaban J connectivity index is 3.97. The van der Waals surface area contributed by atoms with Gasteiger partial charge in [0.2, 0.25) is 5.91 Å². The van der Waals surface area contributed by atoms with Crippen molar-refractivity contribution >= 4 is 11.9 Å². The fourth-order valence-corrected chi connectivity index (χ4v) is 1.73. The molecular formula is C18H35NO5. The van der Waals surface area contributed by atoms with Gasteiger partial charge in [0.15, 0.2) is 0 Å². The summed E-state index contributed by atoms with van der Waals surface area (Å²) in [5, 5.41) is 2.67. The largest absolute Gasteiger partial charge is 0.464 e. The molecule has 1 N–H and O–H groups in total. The highest BCUT2D eigenvalue weighted by molar-refractivity contribution is 5.75. The summed E-state index contributed by atoms with van der Waals surface area (Å²) in [6, 6.07) is 0. The molecule has 0 saturated heterocycles. The molecule has 0 aromatic carbocycles. The third kappa shape index (κ3) is 12.3. The summed E-state index contributed by atoms with van der Waals surface area (Å²) >= 11 is 0. The number of carbonyl (C=O) groups is 2. The first-order chi connectivity index (χ1) is 11.0. The van der Waals surface area contributed by atoms with Crippen molar-refractivity contribution in [2.75, 3.05) is 19.9 Å². The van der Waals surface area contributed by atoms with Crippen LogP contribution in [0.3, 0.4) is 0 Å². The van der Waals surface area contributed by atoms with Crippen molar-refractivity contribution in [2.45, 2.75) is 78.9 Å². The van der Waals surface area contributed by atoms with E-state index in [9.17, 15) is 9.59 Å². The van der Waals surface area contributed by atoms with Gasteiger partial charge in [0, 0.05) is 6.42 Å². The topological polar surface area (TPSA) is 73.9 Å². The monoisotopic (exact) mass is 345 g/mol. The van der Waals surface area contributed by atoms with Gasteiger partial charge in [-0.25, -0.2) is 0 Å². The lowest BCUT2D eigenvalue weighted by Gasteiger charge is -2.28. The van der Waals surface area contributed by atoms with Gasteiger partial charge in [-0.2, -0.15) is 0 Å². The molecule has 0 aliphatic carbocycles. The smallest absolute Gasteiger partial charge is 0.308 e. The van der Waals surface area contributed by atoms with Crippen molar-refractivity contribution < 1.29 is 23.8 Å². The Bertz CT molecular complexity index is 387. The van der Waals surface area contributed by atoms with Crippen LogP contribution >= 0.6 is 0 Å². The van der Waals surface area contributed by atoms with Crippen molar-refractivity contribution in [3.8, 4) is 0 Å². The summed E-state index contributed by atoms with van der Waals surface area (Å²) in [5.74, 6) is -0.503. The van der Waals surface area contributed by atoms with Crippen LogP contribution in [0.15, 0.2) is 0 Å². The summed E-state index contributed by atoms with van der Waals surface area (Å²) in [4.78, 5) is 23.0. The average molecular weight is 345 g/mol. The van der Waals surface area contributed by atoms with E-state index in [1.807, 2.05) is 41.5 Å². The Kier molecular flexibility index (Phi) is 10.2. The average Bonchev–Trinajstić information content (AvgIpc) is 2.47. The van der Waals surface area contributed by atoms with Crippen molar-refractivity contribution in [2.24, 2.45) is 5.92 Å². The van der Waals surface area contributed by atoms with E-state index in [4.69, 9.17) is 14.2 Å². The molecule has 24 heavy (non-hydrogen) atoms. The lowest BCUT2D eigenvalue weighted by molar-refractivity contribution is -0.172. The second-order valence-electron chi connectivity index (χ2n) is 7.59. The molecule has 0 saturated carbocycles. The molecule has 0 spiro atoms. The van der Waals surface area contributed by atoms with Gasteiger partial charge in [-0.05, 0) is 47.5 Å². The van der Waals surface area contributed by atoms with E-state index in [0.29, 0.717) is 19.4 Å². The molecule has 6 heteroatoms. The van der Waals surface area contributed by atoms with Gasteiger partial charge >= 0.3 is 5.97 Å². The molecule has 0 fully saturated rings. The van der Waals surface area contributed by atoms with E-state index >= 15 is 0 Å². The first-order valence-corrected chi connectivity index (χ1v) is 8.68. The van der Waals surface area contributed by atoms with Crippen LogP contribution in [0, 0.1) is 5.92 Å². The van der Waals surface area contributed by atoms with Crippen molar-refractivity contribution in [1.29, 1.82) is 0 Å². The van der Waals surface area contributed by atoms with Crippen molar-refractivity contribution in [3.63, 3.8) is 0 Å². The number of ether oxygens (including phenoxy) is 3. The predicted molar refractivity (Wildman–Crippen MR) is 93.5 cm³/mol. The standard InChI is InChI=1S/C18H35NO5/c1-8-15(20)19-11-12-22-16(21)14(2)9-10-18(6,7)24-13-23-17(3,4)5/h14H,8-13H2,1-7H3,(H,19,20). The molecular weight excluding hydrogens is 310 g/mol. The highest BCUT2D eigenvalue weighted by Crippen LogP contribution is 2.21. The van der Waals surface area contributed by atoms with E-state index in [0.717, 1.165) is 6.42 Å². The minimum absolute atomic E-state index is 0.0459. The highest BCUT2D eigenvalue weighted by atomic mass is 16.7. The minimum Gasteiger partial charge on any atom is -0.464 e. The zero-order chi connectivity index (χ0) is 18.8. The molecule has 0 aromatic heterocycles. The Morgan fingerprint density at radius 1 is 1.08 bits per heavy atom. The molecule has 0 aliphatic rings. The molecule has 0 rings (SSSR count). The van der Waals surface area contributed by atoms with Crippen molar-refractivity contribution in [1.82, 2.24) is 5.32 Å². The van der Waals surface area contributed by atoms with Gasteiger partial charge in [0.05, 0.1) is 23.7 Å². The maximum absolute atomic E-state index is 11.9. The molecule has 0 heterocycles. The number of carbonyl (C=O) groups excluding carboxylic acids is 2. The molecule has 0 bridgehead atoms. The van der Waals surface area contributed by atoms with Gasteiger partial charge in [-0.1, -0.05) is 13.8 Å². The van der Waals surface area contributed by atoms with E-state index in [2.05, 4.69) is 5.32 Å². The van der Waals surface area contributed by atoms with Crippen LogP contribution in [0.2, 0.25) is 0 Å². The van der Waals surface area contributed by atoms with Crippen molar-refractivity contribution in [3.05, 3.63) is 0 Å². The molecule has 0 aromatic rings. The number of esters is 1. The van der Waals surface area contributed by atoms with Crippen LogP contribution in [0.4, 0.5) is 0 Å². The first kappa shape index (κ1) is 22.9. The van der Waals surface area contributed by atoms with Crippen LogP contribution < -0.4 is 5.32 Å². The van der Waals surface area contributed by atoms with E-state index in [1.165, 1.54) is 0 Å². The Labute approximate surface area is 146 Å². The van der Waals surface area contributed by atoms with Crippen LogP contribution in [-0.4, -0.2) is 43.0 Å². The van der Waals surface area contributed by atoms with Gasteiger partial charge in [0.25, 0.3) is 0 Å². The van der Waals surface area contributed by atoms with Crippen LogP contribution in [0.1, 0.15) is 67.7 Å². The summed E-state index contributed by atoms with van der Waals surface area (Å²) in [5.41, 5.74) is -0.602.